The first-order valence-electron chi connectivity index (χ1n) is 4.56. The molecule has 16 heavy (non-hydrogen) atoms. The Morgan fingerprint density at radius 3 is 2.81 bits per heavy atom. The van der Waals surface area contributed by atoms with Gasteiger partial charge < -0.3 is 0 Å². The molecule has 0 bridgehead atoms. The molecular formula is C10H6ClN3OS. The van der Waals surface area contributed by atoms with E-state index in [0.29, 0.717) is 9.98 Å². The molecule has 80 valence electrons. The van der Waals surface area contributed by atoms with Crippen LogP contribution in [-0.2, 0) is 0 Å². The molecule has 1 aromatic carbocycles. The summed E-state index contributed by atoms with van der Waals surface area (Å²) < 4.78 is 1.55. The Balaban J connectivity index is 2.29. The minimum Gasteiger partial charge on any atom is -0.246 e. The average Bonchev–Trinajstić information content (AvgIpc) is 2.84. The van der Waals surface area contributed by atoms with E-state index >= 15 is 0 Å². The Bertz CT molecular complexity index is 695. The quantitative estimate of drug-likeness (QED) is 0.722. The van der Waals surface area contributed by atoms with Crippen molar-refractivity contribution in [3.8, 4) is 11.3 Å². The van der Waals surface area contributed by atoms with Crippen LogP contribution < -0.4 is 5.69 Å². The highest BCUT2D eigenvalue weighted by Gasteiger charge is 2.09. The van der Waals surface area contributed by atoms with E-state index in [-0.39, 0.29) is 5.69 Å². The molecule has 0 aliphatic heterocycles. The third-order valence-corrected chi connectivity index (χ3v) is 3.38. The minimum atomic E-state index is -0.221. The second kappa shape index (κ2) is 3.47. The zero-order valence-corrected chi connectivity index (χ0v) is 9.55. The zero-order valence-electron chi connectivity index (χ0n) is 7.98. The van der Waals surface area contributed by atoms with Crippen molar-refractivity contribution in [3.63, 3.8) is 0 Å². The second-order valence-corrected chi connectivity index (χ2v) is 4.55. The van der Waals surface area contributed by atoms with Crippen LogP contribution in [0.4, 0.5) is 0 Å². The predicted molar refractivity (Wildman–Crippen MR) is 64.1 cm³/mol. The average molecular weight is 252 g/mol. The van der Waals surface area contributed by atoms with Gasteiger partial charge in [0.15, 0.2) is 0 Å². The number of nitrogens with one attached hydrogen (secondary N) is 1. The van der Waals surface area contributed by atoms with Gasteiger partial charge in [-0.2, -0.15) is 0 Å². The topological polar surface area (TPSA) is 50.2 Å². The van der Waals surface area contributed by atoms with Crippen LogP contribution >= 0.6 is 22.9 Å². The van der Waals surface area contributed by atoms with Gasteiger partial charge in [0.25, 0.3) is 0 Å². The van der Waals surface area contributed by atoms with Crippen LogP contribution in [0.5, 0.6) is 0 Å². The summed E-state index contributed by atoms with van der Waals surface area (Å²) in [7, 11) is 0. The van der Waals surface area contributed by atoms with Crippen molar-refractivity contribution in [1.29, 1.82) is 0 Å². The summed E-state index contributed by atoms with van der Waals surface area (Å²) in [4.78, 5) is 12.2. The van der Waals surface area contributed by atoms with Gasteiger partial charge in [-0.3, -0.25) is 0 Å². The van der Waals surface area contributed by atoms with Gasteiger partial charge in [-0.05, 0) is 17.7 Å². The molecule has 0 atom stereocenters. The van der Waals surface area contributed by atoms with E-state index in [2.05, 4.69) is 10.2 Å². The fourth-order valence-corrected chi connectivity index (χ4v) is 2.52. The molecule has 0 radical (unpaired) electrons. The van der Waals surface area contributed by atoms with Gasteiger partial charge in [0, 0.05) is 10.4 Å². The smallest absolute Gasteiger partial charge is 0.246 e. The van der Waals surface area contributed by atoms with E-state index in [9.17, 15) is 4.79 Å². The van der Waals surface area contributed by atoms with Crippen LogP contribution in [0.2, 0.25) is 5.02 Å². The molecule has 0 unspecified atom stereocenters. The van der Waals surface area contributed by atoms with Gasteiger partial charge in [0.1, 0.15) is 0 Å². The standard InChI is InChI=1S/C10H6ClN3OS/c11-7-3-1-6(2-4-7)8-5-16-10-13-12-9(15)14(8)10/h1-5H,(H,12,15). The number of thiazole rings is 1. The molecule has 0 saturated carbocycles. The molecule has 3 rings (SSSR count). The first-order chi connectivity index (χ1) is 7.75. The number of hydrogen-bond acceptors (Lipinski definition) is 3. The summed E-state index contributed by atoms with van der Waals surface area (Å²) >= 11 is 7.24. The van der Waals surface area contributed by atoms with Gasteiger partial charge in [0.2, 0.25) is 4.96 Å². The summed E-state index contributed by atoms with van der Waals surface area (Å²) in [5.74, 6) is 0. The highest BCUT2D eigenvalue weighted by Crippen LogP contribution is 2.24. The summed E-state index contributed by atoms with van der Waals surface area (Å²) in [6.07, 6.45) is 0. The van der Waals surface area contributed by atoms with Crippen LogP contribution in [0.1, 0.15) is 0 Å². The van der Waals surface area contributed by atoms with Crippen molar-refractivity contribution in [2.75, 3.05) is 0 Å². The lowest BCUT2D eigenvalue weighted by Crippen LogP contribution is -2.09. The van der Waals surface area contributed by atoms with Crippen molar-refractivity contribution < 1.29 is 0 Å². The normalized spacial score (nSPS) is 11.1. The van der Waals surface area contributed by atoms with E-state index in [1.807, 2.05) is 17.5 Å². The lowest BCUT2D eigenvalue weighted by molar-refractivity contribution is 1.03. The SMILES string of the molecule is O=c1[nH]nc2scc(-c3ccc(Cl)cc3)n12. The Morgan fingerprint density at radius 1 is 1.31 bits per heavy atom. The van der Waals surface area contributed by atoms with E-state index in [4.69, 9.17) is 11.6 Å². The number of benzene rings is 1. The molecule has 0 aliphatic carbocycles. The highest BCUT2D eigenvalue weighted by atomic mass is 35.5. The van der Waals surface area contributed by atoms with Gasteiger partial charge in [-0.25, -0.2) is 14.3 Å². The molecule has 0 spiro atoms. The zero-order chi connectivity index (χ0) is 11.1. The Morgan fingerprint density at radius 2 is 2.06 bits per heavy atom. The second-order valence-electron chi connectivity index (χ2n) is 3.27. The summed E-state index contributed by atoms with van der Waals surface area (Å²) in [6, 6.07) is 7.35. The van der Waals surface area contributed by atoms with Gasteiger partial charge in [-0.15, -0.1) is 16.4 Å². The number of aromatic amines is 1. The van der Waals surface area contributed by atoms with Crippen LogP contribution in [0, 0.1) is 0 Å². The number of halogens is 1. The number of aromatic nitrogens is 3. The molecular weight excluding hydrogens is 246 g/mol. The van der Waals surface area contributed by atoms with Gasteiger partial charge >= 0.3 is 5.69 Å². The van der Waals surface area contributed by atoms with Crippen molar-refractivity contribution in [1.82, 2.24) is 14.6 Å². The van der Waals surface area contributed by atoms with Gasteiger partial charge in [0.05, 0.1) is 5.69 Å². The van der Waals surface area contributed by atoms with Gasteiger partial charge in [-0.1, -0.05) is 23.7 Å². The Labute approximate surface area is 99.1 Å². The maximum absolute atomic E-state index is 11.5. The van der Waals surface area contributed by atoms with Crippen LogP contribution in [0.3, 0.4) is 0 Å². The molecule has 0 aliphatic rings. The summed E-state index contributed by atoms with van der Waals surface area (Å²) in [5.41, 5.74) is 1.55. The maximum atomic E-state index is 11.5. The number of H-pyrrole nitrogens is 1. The molecule has 0 amide bonds. The molecule has 0 saturated heterocycles. The highest BCUT2D eigenvalue weighted by molar-refractivity contribution is 7.15. The van der Waals surface area contributed by atoms with Crippen LogP contribution in [0.15, 0.2) is 34.4 Å². The molecule has 6 heteroatoms. The number of hydrogen-bond donors (Lipinski definition) is 1. The number of nitrogens with zero attached hydrogens (tertiary/aromatic N) is 2. The Kier molecular flexibility index (Phi) is 2.08. The number of fused-ring (bicyclic) bond motifs is 1. The van der Waals surface area contributed by atoms with E-state index in [0.717, 1.165) is 11.3 Å². The first kappa shape index (κ1) is 9.62. The molecule has 2 heterocycles. The maximum Gasteiger partial charge on any atom is 0.348 e. The fraction of sp³-hybridized carbons (Fsp3) is 0. The van der Waals surface area contributed by atoms with Crippen molar-refractivity contribution >= 4 is 27.9 Å². The predicted octanol–water partition coefficient (Wildman–Crippen LogP) is 2.40. The lowest BCUT2D eigenvalue weighted by Gasteiger charge is -1.98. The van der Waals surface area contributed by atoms with Crippen molar-refractivity contribution in [2.45, 2.75) is 0 Å². The molecule has 2 aromatic heterocycles. The monoisotopic (exact) mass is 251 g/mol. The lowest BCUT2D eigenvalue weighted by atomic mass is 10.2. The third kappa shape index (κ3) is 1.36. The van der Waals surface area contributed by atoms with E-state index in [1.54, 1.807) is 16.5 Å². The largest absolute Gasteiger partial charge is 0.348 e. The number of rotatable bonds is 1. The van der Waals surface area contributed by atoms with E-state index in [1.165, 1.54) is 11.3 Å². The van der Waals surface area contributed by atoms with Crippen LogP contribution in [-0.4, -0.2) is 14.6 Å². The van der Waals surface area contributed by atoms with Crippen LogP contribution in [0.25, 0.3) is 16.2 Å². The minimum absolute atomic E-state index is 0.221. The third-order valence-electron chi connectivity index (χ3n) is 2.30. The summed E-state index contributed by atoms with van der Waals surface area (Å²) in [6.45, 7) is 0. The van der Waals surface area contributed by atoms with E-state index < -0.39 is 0 Å². The fourth-order valence-electron chi connectivity index (χ4n) is 1.55. The molecule has 0 fully saturated rings. The summed E-state index contributed by atoms with van der Waals surface area (Å²) in [5, 5.41) is 8.90. The molecule has 1 N–H and O–H groups in total. The molecule has 3 aromatic rings. The Hall–Kier alpha value is -1.59. The van der Waals surface area contributed by atoms with Crippen molar-refractivity contribution in [2.24, 2.45) is 0 Å². The molecule has 4 nitrogen and oxygen atoms in total. The first-order valence-corrected chi connectivity index (χ1v) is 5.82. The van der Waals surface area contributed by atoms with Crippen molar-refractivity contribution in [3.05, 3.63) is 45.2 Å².